The van der Waals surface area contributed by atoms with E-state index in [9.17, 15) is 4.79 Å². The highest BCUT2D eigenvalue weighted by Gasteiger charge is 2.05. The number of H-pyrrole nitrogens is 2. The molecule has 1 aromatic carbocycles. The van der Waals surface area contributed by atoms with Gasteiger partial charge in [-0.1, -0.05) is 22.0 Å². The van der Waals surface area contributed by atoms with Gasteiger partial charge in [-0.25, -0.2) is 4.79 Å². The van der Waals surface area contributed by atoms with Crippen LogP contribution in [0.4, 0.5) is 0 Å². The highest BCUT2D eigenvalue weighted by Crippen LogP contribution is 2.21. The van der Waals surface area contributed by atoms with Gasteiger partial charge in [0.2, 0.25) is 0 Å². The number of hydrogen-bond donors (Lipinski definition) is 3. The van der Waals surface area contributed by atoms with Crippen molar-refractivity contribution in [3.05, 3.63) is 34.2 Å². The van der Waals surface area contributed by atoms with E-state index in [4.69, 9.17) is 0 Å². The van der Waals surface area contributed by atoms with Crippen LogP contribution in [-0.2, 0) is 0 Å². The summed E-state index contributed by atoms with van der Waals surface area (Å²) in [6, 6.07) is 5.78. The minimum atomic E-state index is -0.173. The van der Waals surface area contributed by atoms with Gasteiger partial charge in [0.05, 0.1) is 16.0 Å². The normalized spacial score (nSPS) is 13.3. The summed E-state index contributed by atoms with van der Waals surface area (Å²) in [5, 5.41) is 3.07. The van der Waals surface area contributed by atoms with Gasteiger partial charge in [0.25, 0.3) is 0 Å². The van der Waals surface area contributed by atoms with Crippen molar-refractivity contribution in [3.63, 3.8) is 0 Å². The summed E-state index contributed by atoms with van der Waals surface area (Å²) in [5.74, 6) is 0. The molecule has 74 valence electrons. The number of nitrogens with one attached hydrogen (secondary N) is 3. The van der Waals surface area contributed by atoms with Crippen LogP contribution in [-0.4, -0.2) is 17.0 Å². The molecule has 4 nitrogen and oxygen atoms in total. The van der Waals surface area contributed by atoms with E-state index in [0.717, 1.165) is 16.6 Å². The van der Waals surface area contributed by atoms with Gasteiger partial charge >= 0.3 is 5.69 Å². The van der Waals surface area contributed by atoms with Crippen molar-refractivity contribution >= 4 is 27.0 Å². The van der Waals surface area contributed by atoms with Crippen LogP contribution in [0.15, 0.2) is 23.0 Å². The summed E-state index contributed by atoms with van der Waals surface area (Å²) in [7, 11) is 1.86. The second kappa shape index (κ2) is 3.59. The molecule has 1 aromatic heterocycles. The molecule has 3 N–H and O–H groups in total. The van der Waals surface area contributed by atoms with Gasteiger partial charge in [-0.2, -0.15) is 0 Å². The van der Waals surface area contributed by atoms with E-state index in [0.29, 0.717) is 0 Å². The Kier molecular flexibility index (Phi) is 2.43. The van der Waals surface area contributed by atoms with Crippen LogP contribution >= 0.6 is 15.9 Å². The molecule has 14 heavy (non-hydrogen) atoms. The van der Waals surface area contributed by atoms with Crippen molar-refractivity contribution in [1.82, 2.24) is 15.3 Å². The first kappa shape index (κ1) is 9.48. The molecule has 0 fully saturated rings. The van der Waals surface area contributed by atoms with E-state index in [1.54, 1.807) is 0 Å². The van der Waals surface area contributed by atoms with E-state index in [2.05, 4.69) is 31.2 Å². The second-order valence-electron chi connectivity index (χ2n) is 3.04. The standard InChI is InChI=1S/C9H10BrN3O/c1-11-8(10)5-2-3-6-7(4-5)13-9(14)12-6/h2-4,8,11H,1H3,(H2,12,13,14). The van der Waals surface area contributed by atoms with E-state index >= 15 is 0 Å². The smallest absolute Gasteiger partial charge is 0.306 e. The third kappa shape index (κ3) is 1.60. The molecule has 1 heterocycles. The maximum Gasteiger partial charge on any atom is 0.323 e. The van der Waals surface area contributed by atoms with Gasteiger partial charge < -0.3 is 15.3 Å². The van der Waals surface area contributed by atoms with E-state index in [-0.39, 0.29) is 10.6 Å². The predicted molar refractivity (Wildman–Crippen MR) is 59.6 cm³/mol. The second-order valence-corrected chi connectivity index (χ2v) is 3.95. The van der Waals surface area contributed by atoms with E-state index in [1.807, 2.05) is 25.2 Å². The summed E-state index contributed by atoms with van der Waals surface area (Å²) in [5.41, 5.74) is 2.56. The summed E-state index contributed by atoms with van der Waals surface area (Å²) >= 11 is 3.46. The molecule has 2 rings (SSSR count). The molecule has 0 aliphatic rings. The van der Waals surface area contributed by atoms with Gasteiger partial charge in [-0.3, -0.25) is 0 Å². The molecule has 0 aliphatic heterocycles. The lowest BCUT2D eigenvalue weighted by molar-refractivity contribution is 0.809. The van der Waals surface area contributed by atoms with Crippen LogP contribution in [0.2, 0.25) is 0 Å². The quantitative estimate of drug-likeness (QED) is 0.562. The van der Waals surface area contributed by atoms with Gasteiger partial charge in [0.15, 0.2) is 0 Å². The predicted octanol–water partition coefficient (Wildman–Crippen LogP) is 1.47. The van der Waals surface area contributed by atoms with Crippen molar-refractivity contribution in [2.45, 2.75) is 4.95 Å². The molecule has 0 aliphatic carbocycles. The van der Waals surface area contributed by atoms with Gasteiger partial charge in [0.1, 0.15) is 0 Å². The van der Waals surface area contributed by atoms with Crippen molar-refractivity contribution < 1.29 is 0 Å². The summed E-state index contributed by atoms with van der Waals surface area (Å²) < 4.78 is 0. The zero-order valence-electron chi connectivity index (χ0n) is 7.60. The SMILES string of the molecule is CNC(Br)c1ccc2[nH]c(=O)[nH]c2c1. The Bertz CT molecular complexity index is 502. The van der Waals surface area contributed by atoms with E-state index < -0.39 is 0 Å². The number of imidazole rings is 1. The molecule has 2 aromatic rings. The maximum absolute atomic E-state index is 11.0. The zero-order chi connectivity index (χ0) is 10.1. The lowest BCUT2D eigenvalue weighted by Crippen LogP contribution is -2.08. The van der Waals surface area contributed by atoms with Crippen molar-refractivity contribution in [2.24, 2.45) is 0 Å². The first-order chi connectivity index (χ1) is 6.70. The molecule has 0 spiro atoms. The molecular formula is C9H10BrN3O. The molecule has 1 atom stereocenters. The first-order valence-electron chi connectivity index (χ1n) is 4.24. The van der Waals surface area contributed by atoms with Crippen molar-refractivity contribution in [1.29, 1.82) is 0 Å². The summed E-state index contributed by atoms with van der Waals surface area (Å²) in [6.45, 7) is 0. The minimum Gasteiger partial charge on any atom is -0.306 e. The first-order valence-corrected chi connectivity index (χ1v) is 5.15. The molecule has 5 heteroatoms. The van der Waals surface area contributed by atoms with Crippen LogP contribution in [0.25, 0.3) is 11.0 Å². The minimum absolute atomic E-state index is 0.102. The molecule has 0 radical (unpaired) electrons. The number of hydrogen-bond acceptors (Lipinski definition) is 2. The number of aromatic amines is 2. The highest BCUT2D eigenvalue weighted by molar-refractivity contribution is 9.09. The Morgan fingerprint density at radius 2 is 2.07 bits per heavy atom. The lowest BCUT2D eigenvalue weighted by atomic mass is 10.2. The summed E-state index contributed by atoms with van der Waals surface area (Å²) in [6.07, 6.45) is 0. The van der Waals surface area contributed by atoms with Crippen LogP contribution in [0, 0.1) is 0 Å². The summed E-state index contributed by atoms with van der Waals surface area (Å²) in [4.78, 5) is 16.5. The topological polar surface area (TPSA) is 60.7 Å². The van der Waals surface area contributed by atoms with Crippen LogP contribution in [0.5, 0.6) is 0 Å². The maximum atomic E-state index is 11.0. The number of benzene rings is 1. The Morgan fingerprint density at radius 1 is 1.36 bits per heavy atom. The third-order valence-electron chi connectivity index (χ3n) is 2.09. The van der Waals surface area contributed by atoms with Crippen LogP contribution < -0.4 is 11.0 Å². The monoisotopic (exact) mass is 255 g/mol. The highest BCUT2D eigenvalue weighted by atomic mass is 79.9. The Morgan fingerprint density at radius 3 is 2.79 bits per heavy atom. The third-order valence-corrected chi connectivity index (χ3v) is 3.07. The number of alkyl halides is 1. The fourth-order valence-corrected chi connectivity index (χ4v) is 1.66. The molecule has 0 amide bonds. The van der Waals surface area contributed by atoms with Gasteiger partial charge in [-0.05, 0) is 24.7 Å². The average Bonchev–Trinajstić information content (AvgIpc) is 2.55. The number of rotatable bonds is 2. The Labute approximate surface area is 88.9 Å². The number of aromatic nitrogens is 2. The van der Waals surface area contributed by atoms with Crippen molar-refractivity contribution in [3.8, 4) is 0 Å². The molecule has 1 unspecified atom stereocenters. The van der Waals surface area contributed by atoms with Gasteiger partial charge in [-0.15, -0.1) is 0 Å². The largest absolute Gasteiger partial charge is 0.323 e. The Balaban J connectivity index is 2.55. The van der Waals surface area contributed by atoms with Crippen LogP contribution in [0.3, 0.4) is 0 Å². The number of halogens is 1. The fraction of sp³-hybridized carbons (Fsp3) is 0.222. The fourth-order valence-electron chi connectivity index (χ4n) is 1.37. The molecule has 0 saturated heterocycles. The van der Waals surface area contributed by atoms with Crippen molar-refractivity contribution in [2.75, 3.05) is 7.05 Å². The lowest BCUT2D eigenvalue weighted by Gasteiger charge is -2.07. The van der Waals surface area contributed by atoms with E-state index in [1.165, 1.54) is 0 Å². The molecule has 0 saturated carbocycles. The van der Waals surface area contributed by atoms with Crippen LogP contribution in [0.1, 0.15) is 10.5 Å². The average molecular weight is 256 g/mol. The number of fused-ring (bicyclic) bond motifs is 1. The Hall–Kier alpha value is -1.07. The molecule has 0 bridgehead atoms. The molecular weight excluding hydrogens is 246 g/mol. The zero-order valence-corrected chi connectivity index (χ0v) is 9.18. The van der Waals surface area contributed by atoms with Gasteiger partial charge in [0, 0.05) is 0 Å².